The van der Waals surface area contributed by atoms with Crippen molar-refractivity contribution in [1.82, 2.24) is 30.0 Å². The normalized spacial score (nSPS) is 10.3. The maximum Gasteiger partial charge on any atom is 0.271 e. The first-order chi connectivity index (χ1) is 9.70. The predicted molar refractivity (Wildman–Crippen MR) is 73.2 cm³/mol. The summed E-state index contributed by atoms with van der Waals surface area (Å²) in [5.41, 5.74) is 0.296. The molecule has 0 saturated heterocycles. The van der Waals surface area contributed by atoms with Crippen molar-refractivity contribution < 1.29 is 4.79 Å². The van der Waals surface area contributed by atoms with Gasteiger partial charge in [0.15, 0.2) is 0 Å². The van der Waals surface area contributed by atoms with E-state index in [1.54, 1.807) is 12.5 Å². The number of nitrogens with one attached hydrogen (secondary N) is 2. The summed E-state index contributed by atoms with van der Waals surface area (Å²) in [6.07, 6.45) is 5.24. The van der Waals surface area contributed by atoms with Crippen molar-refractivity contribution in [3.05, 3.63) is 30.2 Å². The van der Waals surface area contributed by atoms with Crippen LogP contribution in [-0.2, 0) is 13.5 Å². The molecule has 0 aliphatic carbocycles. The molecule has 0 aliphatic rings. The number of nitrogens with zero attached hydrogens (tertiary/aromatic N) is 5. The quantitative estimate of drug-likeness (QED) is 0.770. The molecule has 0 atom stereocenters. The lowest BCUT2D eigenvalue weighted by Crippen LogP contribution is -2.27. The van der Waals surface area contributed by atoms with E-state index in [-0.39, 0.29) is 5.91 Å². The van der Waals surface area contributed by atoms with E-state index >= 15 is 0 Å². The number of rotatable bonds is 6. The highest BCUT2D eigenvalue weighted by Crippen LogP contribution is 2.00. The molecule has 0 bridgehead atoms. The molecule has 2 aromatic heterocycles. The highest BCUT2D eigenvalue weighted by atomic mass is 16.1. The van der Waals surface area contributed by atoms with Crippen molar-refractivity contribution in [3.63, 3.8) is 0 Å². The molecule has 106 valence electrons. The number of anilines is 1. The average Bonchev–Trinajstić information content (AvgIpc) is 2.85. The van der Waals surface area contributed by atoms with Gasteiger partial charge in [-0.3, -0.25) is 4.79 Å². The summed E-state index contributed by atoms with van der Waals surface area (Å²) in [4.78, 5) is 20.0. The Morgan fingerprint density at radius 1 is 1.35 bits per heavy atom. The number of aromatic nitrogens is 5. The van der Waals surface area contributed by atoms with Crippen LogP contribution in [0.2, 0.25) is 0 Å². The van der Waals surface area contributed by atoms with Crippen LogP contribution in [0.15, 0.2) is 18.7 Å². The van der Waals surface area contributed by atoms with Crippen molar-refractivity contribution in [2.75, 3.05) is 18.4 Å². The Kier molecular flexibility index (Phi) is 4.59. The van der Waals surface area contributed by atoms with Gasteiger partial charge in [-0.05, 0) is 6.92 Å². The number of carbonyl (C=O) groups excluding carboxylic acids is 1. The number of hydrogen-bond acceptors (Lipinski definition) is 6. The van der Waals surface area contributed by atoms with E-state index in [2.05, 4.69) is 30.8 Å². The summed E-state index contributed by atoms with van der Waals surface area (Å²) in [7, 11) is 1.86. The Bertz CT molecular complexity index is 563. The third-order valence-corrected chi connectivity index (χ3v) is 2.68. The van der Waals surface area contributed by atoms with Gasteiger partial charge in [-0.25, -0.2) is 9.97 Å². The van der Waals surface area contributed by atoms with Crippen molar-refractivity contribution in [2.24, 2.45) is 7.05 Å². The molecule has 8 nitrogen and oxygen atoms in total. The zero-order valence-electron chi connectivity index (χ0n) is 11.5. The number of aryl methyl sites for hydroxylation is 1. The number of amides is 1. The van der Waals surface area contributed by atoms with Crippen molar-refractivity contribution in [1.29, 1.82) is 0 Å². The molecule has 0 unspecified atom stereocenters. The van der Waals surface area contributed by atoms with Gasteiger partial charge >= 0.3 is 0 Å². The van der Waals surface area contributed by atoms with Crippen LogP contribution in [0, 0.1) is 0 Å². The number of hydrogen-bond donors (Lipinski definition) is 2. The summed E-state index contributed by atoms with van der Waals surface area (Å²) in [6.45, 7) is 3.20. The molecule has 2 rings (SSSR count). The van der Waals surface area contributed by atoms with Gasteiger partial charge < -0.3 is 15.2 Å². The molecule has 2 N–H and O–H groups in total. The third-order valence-electron chi connectivity index (χ3n) is 2.68. The Hall–Kier alpha value is -2.51. The van der Waals surface area contributed by atoms with Crippen molar-refractivity contribution in [2.45, 2.75) is 13.3 Å². The minimum Gasteiger partial charge on any atom is -0.369 e. The smallest absolute Gasteiger partial charge is 0.271 e. The average molecular weight is 275 g/mol. The molecule has 2 aromatic rings. The molecule has 2 heterocycles. The van der Waals surface area contributed by atoms with E-state index in [1.807, 2.05) is 18.5 Å². The largest absolute Gasteiger partial charge is 0.369 e. The maximum atomic E-state index is 11.9. The SMILES string of the molecule is CCNc1cnc(C(=O)NCCc2nncn2C)cn1. The second-order valence-electron chi connectivity index (χ2n) is 4.18. The van der Waals surface area contributed by atoms with Crippen LogP contribution in [0.5, 0.6) is 0 Å². The van der Waals surface area contributed by atoms with Gasteiger partial charge in [0.1, 0.15) is 23.7 Å². The standard InChI is InChI=1S/C12H17N7O/c1-3-13-10-7-15-9(6-16-10)12(20)14-5-4-11-18-17-8-19(11)2/h6-8H,3-5H2,1-2H3,(H,13,16)(H,14,20). The fourth-order valence-electron chi connectivity index (χ4n) is 1.63. The molecule has 0 fully saturated rings. The van der Waals surface area contributed by atoms with Crippen molar-refractivity contribution in [3.8, 4) is 0 Å². The fraction of sp³-hybridized carbons (Fsp3) is 0.417. The molecule has 20 heavy (non-hydrogen) atoms. The second-order valence-corrected chi connectivity index (χ2v) is 4.18. The van der Waals surface area contributed by atoms with Crippen LogP contribution >= 0.6 is 0 Å². The third kappa shape index (κ3) is 3.50. The van der Waals surface area contributed by atoms with Gasteiger partial charge in [0.25, 0.3) is 5.91 Å². The summed E-state index contributed by atoms with van der Waals surface area (Å²) in [6, 6.07) is 0. The van der Waals surface area contributed by atoms with Crippen LogP contribution in [0.3, 0.4) is 0 Å². The van der Waals surface area contributed by atoms with E-state index in [0.717, 1.165) is 12.4 Å². The highest BCUT2D eigenvalue weighted by Gasteiger charge is 2.08. The molecule has 8 heteroatoms. The fourth-order valence-corrected chi connectivity index (χ4v) is 1.63. The first-order valence-corrected chi connectivity index (χ1v) is 6.37. The Balaban J connectivity index is 1.84. The second kappa shape index (κ2) is 6.60. The van der Waals surface area contributed by atoms with E-state index in [0.29, 0.717) is 24.5 Å². The summed E-state index contributed by atoms with van der Waals surface area (Å²) in [5, 5.41) is 13.5. The summed E-state index contributed by atoms with van der Waals surface area (Å²) in [5.74, 6) is 1.23. The minimum absolute atomic E-state index is 0.247. The van der Waals surface area contributed by atoms with Crippen LogP contribution in [-0.4, -0.2) is 43.7 Å². The molecule has 0 aromatic carbocycles. The van der Waals surface area contributed by atoms with E-state index in [9.17, 15) is 4.79 Å². The number of carbonyl (C=O) groups is 1. The molecule has 0 spiro atoms. The van der Waals surface area contributed by atoms with Crippen LogP contribution < -0.4 is 10.6 Å². The molecule has 1 amide bonds. The van der Waals surface area contributed by atoms with Gasteiger partial charge in [0, 0.05) is 26.6 Å². The van der Waals surface area contributed by atoms with Gasteiger partial charge in [-0.2, -0.15) is 0 Å². The first-order valence-electron chi connectivity index (χ1n) is 6.37. The van der Waals surface area contributed by atoms with Crippen LogP contribution in [0.4, 0.5) is 5.82 Å². The maximum absolute atomic E-state index is 11.9. The Labute approximate surface area is 116 Å². The molecule has 0 saturated carbocycles. The topological polar surface area (TPSA) is 97.6 Å². The Morgan fingerprint density at radius 3 is 2.80 bits per heavy atom. The van der Waals surface area contributed by atoms with E-state index in [1.165, 1.54) is 6.20 Å². The van der Waals surface area contributed by atoms with Crippen LogP contribution in [0.25, 0.3) is 0 Å². The monoisotopic (exact) mass is 275 g/mol. The molecular weight excluding hydrogens is 258 g/mol. The highest BCUT2D eigenvalue weighted by molar-refractivity contribution is 5.91. The summed E-state index contributed by atoms with van der Waals surface area (Å²) >= 11 is 0. The van der Waals surface area contributed by atoms with E-state index < -0.39 is 0 Å². The molecule has 0 aliphatic heterocycles. The van der Waals surface area contributed by atoms with Gasteiger partial charge in [-0.1, -0.05) is 0 Å². The molecular formula is C12H17N7O. The zero-order chi connectivity index (χ0) is 14.4. The lowest BCUT2D eigenvalue weighted by molar-refractivity contribution is 0.0948. The van der Waals surface area contributed by atoms with E-state index in [4.69, 9.17) is 0 Å². The first kappa shape index (κ1) is 13.9. The lowest BCUT2D eigenvalue weighted by atomic mass is 10.3. The molecule has 0 radical (unpaired) electrons. The van der Waals surface area contributed by atoms with Crippen LogP contribution in [0.1, 0.15) is 23.2 Å². The predicted octanol–water partition coefficient (Wildman–Crippen LogP) is 0.00940. The minimum atomic E-state index is -0.247. The van der Waals surface area contributed by atoms with Gasteiger partial charge in [0.05, 0.1) is 12.4 Å². The summed E-state index contributed by atoms with van der Waals surface area (Å²) < 4.78 is 1.82. The Morgan fingerprint density at radius 2 is 2.20 bits per heavy atom. The van der Waals surface area contributed by atoms with Gasteiger partial charge in [0.2, 0.25) is 0 Å². The van der Waals surface area contributed by atoms with Gasteiger partial charge in [-0.15, -0.1) is 10.2 Å². The zero-order valence-corrected chi connectivity index (χ0v) is 11.5. The van der Waals surface area contributed by atoms with Crippen molar-refractivity contribution >= 4 is 11.7 Å². The lowest BCUT2D eigenvalue weighted by Gasteiger charge is -2.05.